The first-order valence-corrected chi connectivity index (χ1v) is 15.5. The number of thioether (sulfide) groups is 2. The van der Waals surface area contributed by atoms with Gasteiger partial charge in [0.25, 0.3) is 11.8 Å². The van der Waals surface area contributed by atoms with E-state index in [1.165, 1.54) is 38.0 Å². The van der Waals surface area contributed by atoms with Gasteiger partial charge in [-0.15, -0.1) is 0 Å². The molecular formula is C30H30N4O7S3. The Labute approximate surface area is 268 Å². The third-order valence-corrected chi connectivity index (χ3v) is 9.50. The lowest BCUT2D eigenvalue weighted by atomic mass is 10.1. The van der Waals surface area contributed by atoms with E-state index in [9.17, 15) is 14.4 Å². The second-order valence-electron chi connectivity index (χ2n) is 9.68. The van der Waals surface area contributed by atoms with Crippen LogP contribution in [-0.2, 0) is 14.4 Å². The van der Waals surface area contributed by atoms with Crippen molar-refractivity contribution in [2.24, 2.45) is 4.99 Å². The molecular weight excluding hydrogens is 625 g/mol. The van der Waals surface area contributed by atoms with Crippen molar-refractivity contribution in [3.8, 4) is 23.0 Å². The second-order valence-corrected chi connectivity index (χ2v) is 12.4. The second kappa shape index (κ2) is 13.7. The quantitative estimate of drug-likeness (QED) is 0.307. The summed E-state index contributed by atoms with van der Waals surface area (Å²) in [6, 6.07) is 10.9. The van der Waals surface area contributed by atoms with Gasteiger partial charge in [0.05, 0.1) is 38.2 Å². The molecule has 44 heavy (non-hydrogen) atoms. The number of carbonyl (C=O) groups is 3. The molecule has 0 spiro atoms. The molecule has 2 aromatic carbocycles. The summed E-state index contributed by atoms with van der Waals surface area (Å²) in [5, 5.41) is 0.621. The van der Waals surface area contributed by atoms with Crippen LogP contribution in [0.3, 0.4) is 0 Å². The SMILES string of the molecule is COc1ccc(/C=C2\SC(N3CCN(C(=O)CN4C(=O)/C(=C\c5cc(OC)c(OC)c(OC)c5)SC4=S)CC3)=NC2=O)cc1. The topological polar surface area (TPSA) is 110 Å². The van der Waals surface area contributed by atoms with Crippen molar-refractivity contribution in [2.45, 2.75) is 0 Å². The number of ether oxygens (including phenoxy) is 4. The number of aliphatic imine (C=N–C) groups is 1. The lowest BCUT2D eigenvalue weighted by Gasteiger charge is -2.35. The van der Waals surface area contributed by atoms with E-state index < -0.39 is 0 Å². The maximum atomic E-state index is 13.2. The van der Waals surface area contributed by atoms with Gasteiger partial charge < -0.3 is 28.7 Å². The van der Waals surface area contributed by atoms with Crippen molar-refractivity contribution >= 4 is 75.1 Å². The molecule has 3 heterocycles. The molecule has 2 saturated heterocycles. The first kappa shape index (κ1) is 31.4. The zero-order valence-corrected chi connectivity index (χ0v) is 27.0. The molecule has 3 aliphatic rings. The molecule has 3 amide bonds. The molecule has 11 nitrogen and oxygen atoms in total. The summed E-state index contributed by atoms with van der Waals surface area (Å²) in [7, 11) is 6.16. The van der Waals surface area contributed by atoms with Crippen molar-refractivity contribution in [3.05, 3.63) is 57.3 Å². The van der Waals surface area contributed by atoms with Crippen LogP contribution < -0.4 is 18.9 Å². The Morgan fingerprint density at radius 2 is 1.50 bits per heavy atom. The molecule has 14 heteroatoms. The predicted octanol–water partition coefficient (Wildman–Crippen LogP) is 3.74. The monoisotopic (exact) mass is 654 g/mol. The molecule has 230 valence electrons. The van der Waals surface area contributed by atoms with Crippen LogP contribution in [0.4, 0.5) is 0 Å². The Hall–Kier alpha value is -4.01. The summed E-state index contributed by atoms with van der Waals surface area (Å²) in [5.74, 6) is 1.27. The maximum Gasteiger partial charge on any atom is 0.286 e. The number of hydrogen-bond acceptors (Lipinski definition) is 11. The van der Waals surface area contributed by atoms with E-state index in [0.29, 0.717) is 68.3 Å². The average molecular weight is 655 g/mol. The lowest BCUT2D eigenvalue weighted by Crippen LogP contribution is -2.52. The van der Waals surface area contributed by atoms with Crippen LogP contribution in [0.1, 0.15) is 11.1 Å². The van der Waals surface area contributed by atoms with Gasteiger partial charge in [0, 0.05) is 26.2 Å². The fourth-order valence-electron chi connectivity index (χ4n) is 4.74. The summed E-state index contributed by atoms with van der Waals surface area (Å²) in [5.41, 5.74) is 1.54. The van der Waals surface area contributed by atoms with Crippen molar-refractivity contribution in [3.63, 3.8) is 0 Å². The van der Waals surface area contributed by atoms with Crippen LogP contribution in [0, 0.1) is 0 Å². The number of nitrogens with zero attached hydrogens (tertiary/aromatic N) is 4. The number of benzene rings is 2. The average Bonchev–Trinajstić information content (AvgIpc) is 3.53. The molecule has 0 unspecified atom stereocenters. The zero-order valence-electron chi connectivity index (χ0n) is 24.5. The number of carbonyl (C=O) groups excluding carboxylic acids is 3. The molecule has 5 rings (SSSR count). The highest BCUT2D eigenvalue weighted by Crippen LogP contribution is 2.40. The third kappa shape index (κ3) is 6.71. The van der Waals surface area contributed by atoms with Crippen LogP contribution in [0.25, 0.3) is 12.2 Å². The number of rotatable bonds is 8. The fraction of sp³-hybridized carbons (Fsp3) is 0.300. The molecule has 3 aliphatic heterocycles. The van der Waals surface area contributed by atoms with Gasteiger partial charge in [0.15, 0.2) is 16.7 Å². The summed E-state index contributed by atoms with van der Waals surface area (Å²) in [4.78, 5) is 49.2. The number of hydrogen-bond donors (Lipinski definition) is 0. The summed E-state index contributed by atoms with van der Waals surface area (Å²) >= 11 is 7.92. The van der Waals surface area contributed by atoms with Gasteiger partial charge in [-0.05, 0) is 59.3 Å². The largest absolute Gasteiger partial charge is 0.497 e. The Kier molecular flexibility index (Phi) is 9.81. The molecule has 0 aromatic heterocycles. The molecule has 2 aromatic rings. The molecule has 0 bridgehead atoms. The Balaban J connectivity index is 1.17. The van der Waals surface area contributed by atoms with E-state index in [1.807, 2.05) is 29.2 Å². The smallest absolute Gasteiger partial charge is 0.286 e. The number of piperazine rings is 1. The van der Waals surface area contributed by atoms with Gasteiger partial charge in [-0.25, -0.2) is 0 Å². The highest BCUT2D eigenvalue weighted by atomic mass is 32.2. The van der Waals surface area contributed by atoms with E-state index >= 15 is 0 Å². The van der Waals surface area contributed by atoms with E-state index in [1.54, 1.807) is 36.3 Å². The zero-order chi connectivity index (χ0) is 31.4. The first-order chi connectivity index (χ1) is 21.2. The lowest BCUT2D eigenvalue weighted by molar-refractivity contribution is -0.136. The number of thiocarbonyl (C=S) groups is 1. The predicted molar refractivity (Wildman–Crippen MR) is 175 cm³/mol. The van der Waals surface area contributed by atoms with Crippen LogP contribution in [0.15, 0.2) is 51.2 Å². The molecule has 2 fully saturated rings. The Bertz CT molecular complexity index is 1560. The van der Waals surface area contributed by atoms with Gasteiger partial charge in [-0.3, -0.25) is 19.3 Å². The molecule has 0 aliphatic carbocycles. The number of amides is 3. The molecule has 0 radical (unpaired) electrons. The van der Waals surface area contributed by atoms with Gasteiger partial charge in [-0.1, -0.05) is 36.1 Å². The van der Waals surface area contributed by atoms with E-state index in [4.69, 9.17) is 31.2 Å². The van der Waals surface area contributed by atoms with Gasteiger partial charge in [-0.2, -0.15) is 4.99 Å². The van der Waals surface area contributed by atoms with E-state index in [-0.39, 0.29) is 24.3 Å². The third-order valence-electron chi connectivity index (χ3n) is 7.08. The van der Waals surface area contributed by atoms with Crippen LogP contribution in [0.2, 0.25) is 0 Å². The maximum absolute atomic E-state index is 13.2. The highest BCUT2D eigenvalue weighted by Gasteiger charge is 2.36. The molecule has 0 atom stereocenters. The summed E-state index contributed by atoms with van der Waals surface area (Å²) in [6.07, 6.45) is 3.49. The van der Waals surface area contributed by atoms with E-state index in [0.717, 1.165) is 23.1 Å². The van der Waals surface area contributed by atoms with Crippen LogP contribution in [-0.4, -0.2) is 103 Å². The minimum absolute atomic E-state index is 0.153. The molecule has 0 N–H and O–H groups in total. The van der Waals surface area contributed by atoms with Crippen LogP contribution in [0.5, 0.6) is 23.0 Å². The van der Waals surface area contributed by atoms with Crippen molar-refractivity contribution in [1.29, 1.82) is 0 Å². The Morgan fingerprint density at radius 3 is 2.09 bits per heavy atom. The highest BCUT2D eigenvalue weighted by molar-refractivity contribution is 8.26. The van der Waals surface area contributed by atoms with Gasteiger partial charge in [0.1, 0.15) is 16.6 Å². The van der Waals surface area contributed by atoms with E-state index in [2.05, 4.69) is 4.99 Å². The van der Waals surface area contributed by atoms with Crippen LogP contribution >= 0.6 is 35.7 Å². The summed E-state index contributed by atoms with van der Waals surface area (Å²) in [6.45, 7) is 1.74. The van der Waals surface area contributed by atoms with Crippen molar-refractivity contribution in [2.75, 3.05) is 61.2 Å². The fourth-order valence-corrected chi connectivity index (χ4v) is 6.96. The normalized spacial score (nSPS) is 18.8. The number of methoxy groups -OCH3 is 4. The summed E-state index contributed by atoms with van der Waals surface area (Å²) < 4.78 is 21.7. The minimum atomic E-state index is -0.341. The standard InChI is InChI=1S/C30H30N4O7S3/c1-38-20-7-5-18(6-8-20)15-23-27(36)31-29(43-23)33-11-9-32(10-12-33)25(35)17-34-28(37)24(44-30(34)42)16-19-13-21(39-2)26(41-4)22(14-19)40-3/h5-8,13-16H,9-12,17H2,1-4H3/b23-15-,24-16+. The number of amidine groups is 1. The minimum Gasteiger partial charge on any atom is -0.497 e. The van der Waals surface area contributed by atoms with Crippen molar-refractivity contribution < 1.29 is 33.3 Å². The first-order valence-electron chi connectivity index (χ1n) is 13.5. The van der Waals surface area contributed by atoms with Crippen molar-refractivity contribution in [1.82, 2.24) is 14.7 Å². The van der Waals surface area contributed by atoms with Gasteiger partial charge in [0.2, 0.25) is 11.7 Å². The van der Waals surface area contributed by atoms with Gasteiger partial charge >= 0.3 is 0 Å². The Morgan fingerprint density at radius 1 is 0.864 bits per heavy atom. The molecule has 0 saturated carbocycles.